The van der Waals surface area contributed by atoms with Crippen molar-refractivity contribution in [1.82, 2.24) is 9.80 Å². The van der Waals surface area contributed by atoms with Crippen molar-refractivity contribution in [3.8, 4) is 0 Å². The van der Waals surface area contributed by atoms with Gasteiger partial charge in [0.25, 0.3) is 0 Å². The molecule has 3 aliphatic heterocycles. The SMILES string of the molecule is O=C([C@@H]1C2CCC(CC2)N1C(=O)/C=C/c1ccccc1)N1CCCC1. The number of piperidine rings is 2. The van der Waals surface area contributed by atoms with E-state index in [2.05, 4.69) is 0 Å². The molecular formula is C21H26N2O2. The summed E-state index contributed by atoms with van der Waals surface area (Å²) < 4.78 is 0. The standard InChI is InChI=1S/C21H26N2O2/c24-19(13-8-16-6-2-1-3-7-16)23-18-11-9-17(10-12-18)20(23)21(25)22-14-4-5-15-22/h1-3,6-8,13,17-18,20H,4-5,9-12,14-15H2/b13-8+/t17?,18?,20-/m0/s1. The van der Waals surface area contributed by atoms with Crippen molar-refractivity contribution in [3.05, 3.63) is 42.0 Å². The van der Waals surface area contributed by atoms with E-state index in [1.807, 2.05) is 46.2 Å². The second-order valence-corrected chi connectivity index (χ2v) is 7.54. The Bertz CT molecular complexity index is 656. The summed E-state index contributed by atoms with van der Waals surface area (Å²) in [5, 5.41) is 0. The second-order valence-electron chi connectivity index (χ2n) is 7.54. The normalized spacial score (nSPS) is 28.7. The molecule has 0 radical (unpaired) electrons. The number of hydrogen-bond donors (Lipinski definition) is 0. The maximum absolute atomic E-state index is 13.1. The fourth-order valence-electron chi connectivity index (χ4n) is 4.73. The Hall–Kier alpha value is -2.10. The lowest BCUT2D eigenvalue weighted by atomic mass is 9.74. The third-order valence-electron chi connectivity index (χ3n) is 6.02. The van der Waals surface area contributed by atoms with Gasteiger partial charge in [-0.3, -0.25) is 9.59 Å². The van der Waals surface area contributed by atoms with Crippen LogP contribution in [0.4, 0.5) is 0 Å². The van der Waals surface area contributed by atoms with Gasteiger partial charge in [0, 0.05) is 25.2 Å². The van der Waals surface area contributed by atoms with Gasteiger partial charge >= 0.3 is 0 Å². The largest absolute Gasteiger partial charge is 0.341 e. The molecule has 3 heterocycles. The van der Waals surface area contributed by atoms with Gasteiger partial charge in [0.15, 0.2) is 0 Å². The van der Waals surface area contributed by atoms with Crippen molar-refractivity contribution in [2.45, 2.75) is 50.6 Å². The van der Waals surface area contributed by atoms with Crippen LogP contribution in [0, 0.1) is 5.92 Å². The van der Waals surface area contributed by atoms with Crippen LogP contribution in [0.2, 0.25) is 0 Å². The quantitative estimate of drug-likeness (QED) is 0.795. The molecule has 132 valence electrons. The second kappa shape index (κ2) is 7.03. The number of carbonyl (C=O) groups excluding carboxylic acids is 2. The maximum atomic E-state index is 13.1. The molecule has 4 aliphatic rings. The average Bonchev–Trinajstić information content (AvgIpc) is 3.21. The average molecular weight is 338 g/mol. The van der Waals surface area contributed by atoms with Crippen LogP contribution < -0.4 is 0 Å². The summed E-state index contributed by atoms with van der Waals surface area (Å²) in [5.74, 6) is 0.524. The molecule has 1 saturated carbocycles. The summed E-state index contributed by atoms with van der Waals surface area (Å²) in [6.07, 6.45) is 9.95. The molecule has 1 aliphatic carbocycles. The molecule has 3 saturated heterocycles. The van der Waals surface area contributed by atoms with E-state index >= 15 is 0 Å². The first-order chi connectivity index (χ1) is 12.2. The summed E-state index contributed by atoms with van der Waals surface area (Å²) in [6.45, 7) is 1.71. The van der Waals surface area contributed by atoms with Gasteiger partial charge in [-0.2, -0.15) is 0 Å². The molecule has 1 atom stereocenters. The molecule has 2 amide bonds. The first-order valence-corrected chi connectivity index (χ1v) is 9.58. The predicted molar refractivity (Wildman–Crippen MR) is 97.7 cm³/mol. The number of nitrogens with zero attached hydrogens (tertiary/aromatic N) is 2. The van der Waals surface area contributed by atoms with Crippen LogP contribution in [0.3, 0.4) is 0 Å². The van der Waals surface area contributed by atoms with Crippen LogP contribution >= 0.6 is 0 Å². The molecule has 4 fully saturated rings. The van der Waals surface area contributed by atoms with Gasteiger partial charge in [0.1, 0.15) is 6.04 Å². The van der Waals surface area contributed by atoms with Gasteiger partial charge in [-0.15, -0.1) is 0 Å². The lowest BCUT2D eigenvalue weighted by Gasteiger charge is -2.51. The van der Waals surface area contributed by atoms with Crippen LogP contribution in [-0.4, -0.2) is 46.8 Å². The number of rotatable bonds is 3. The van der Waals surface area contributed by atoms with Crippen molar-refractivity contribution in [2.75, 3.05) is 13.1 Å². The van der Waals surface area contributed by atoms with Gasteiger partial charge in [-0.25, -0.2) is 0 Å². The number of hydrogen-bond acceptors (Lipinski definition) is 2. The van der Waals surface area contributed by atoms with Crippen LogP contribution in [0.1, 0.15) is 44.1 Å². The highest BCUT2D eigenvalue weighted by Crippen LogP contribution is 2.40. The minimum atomic E-state index is -0.237. The van der Waals surface area contributed by atoms with Crippen molar-refractivity contribution < 1.29 is 9.59 Å². The minimum Gasteiger partial charge on any atom is -0.341 e. The van der Waals surface area contributed by atoms with Gasteiger partial charge in [-0.1, -0.05) is 30.3 Å². The number of carbonyl (C=O) groups is 2. The fraction of sp³-hybridized carbons (Fsp3) is 0.524. The van der Waals surface area contributed by atoms with E-state index in [0.29, 0.717) is 5.92 Å². The topological polar surface area (TPSA) is 40.6 Å². The molecule has 0 unspecified atom stereocenters. The summed E-state index contributed by atoms with van der Waals surface area (Å²) >= 11 is 0. The molecule has 0 N–H and O–H groups in total. The maximum Gasteiger partial charge on any atom is 0.247 e. The van der Waals surface area contributed by atoms with E-state index < -0.39 is 0 Å². The van der Waals surface area contributed by atoms with Crippen LogP contribution in [0.15, 0.2) is 36.4 Å². The smallest absolute Gasteiger partial charge is 0.247 e. The summed E-state index contributed by atoms with van der Waals surface area (Å²) in [4.78, 5) is 29.9. The predicted octanol–water partition coefficient (Wildman–Crippen LogP) is 3.09. The monoisotopic (exact) mass is 338 g/mol. The number of likely N-dealkylation sites (tertiary alicyclic amines) is 1. The third-order valence-corrected chi connectivity index (χ3v) is 6.02. The van der Waals surface area contributed by atoms with Gasteiger partial charge in [0.2, 0.25) is 11.8 Å². The van der Waals surface area contributed by atoms with Crippen molar-refractivity contribution >= 4 is 17.9 Å². The van der Waals surface area contributed by atoms with E-state index in [-0.39, 0.29) is 23.9 Å². The van der Waals surface area contributed by atoms with Gasteiger partial charge < -0.3 is 9.80 Å². The lowest BCUT2D eigenvalue weighted by Crippen LogP contribution is -2.62. The van der Waals surface area contributed by atoms with E-state index in [0.717, 1.165) is 57.2 Å². The van der Waals surface area contributed by atoms with Crippen LogP contribution in [0.25, 0.3) is 6.08 Å². The highest BCUT2D eigenvalue weighted by atomic mass is 16.2. The third kappa shape index (κ3) is 3.22. The molecular weight excluding hydrogens is 312 g/mol. The Morgan fingerprint density at radius 1 is 0.960 bits per heavy atom. The Morgan fingerprint density at radius 3 is 2.32 bits per heavy atom. The van der Waals surface area contributed by atoms with E-state index in [9.17, 15) is 9.59 Å². The molecule has 0 aromatic heterocycles. The Labute approximate surface area is 149 Å². The molecule has 1 aromatic carbocycles. The first-order valence-electron chi connectivity index (χ1n) is 9.58. The highest BCUT2D eigenvalue weighted by Gasteiger charge is 2.48. The highest BCUT2D eigenvalue weighted by molar-refractivity contribution is 5.96. The molecule has 2 bridgehead atoms. The van der Waals surface area contributed by atoms with Crippen LogP contribution in [-0.2, 0) is 9.59 Å². The van der Waals surface area contributed by atoms with E-state index in [4.69, 9.17) is 0 Å². The number of fused-ring (bicyclic) bond motifs is 3. The summed E-state index contributed by atoms with van der Waals surface area (Å²) in [7, 11) is 0. The van der Waals surface area contributed by atoms with Crippen LogP contribution in [0.5, 0.6) is 0 Å². The zero-order chi connectivity index (χ0) is 17.2. The molecule has 0 spiro atoms. The molecule has 5 rings (SSSR count). The van der Waals surface area contributed by atoms with Crippen molar-refractivity contribution in [1.29, 1.82) is 0 Å². The Morgan fingerprint density at radius 2 is 1.64 bits per heavy atom. The molecule has 4 heteroatoms. The summed E-state index contributed by atoms with van der Waals surface area (Å²) in [5.41, 5.74) is 1.01. The summed E-state index contributed by atoms with van der Waals surface area (Å²) in [6, 6.07) is 9.86. The van der Waals surface area contributed by atoms with Crippen molar-refractivity contribution in [2.24, 2.45) is 5.92 Å². The fourth-order valence-corrected chi connectivity index (χ4v) is 4.73. The zero-order valence-corrected chi connectivity index (χ0v) is 14.6. The zero-order valence-electron chi connectivity index (χ0n) is 14.6. The van der Waals surface area contributed by atoms with Gasteiger partial charge in [0.05, 0.1) is 0 Å². The number of amides is 2. The van der Waals surface area contributed by atoms with E-state index in [1.165, 1.54) is 0 Å². The molecule has 25 heavy (non-hydrogen) atoms. The first kappa shape index (κ1) is 16.4. The molecule has 4 nitrogen and oxygen atoms in total. The molecule has 1 aromatic rings. The minimum absolute atomic E-state index is 0.00389. The van der Waals surface area contributed by atoms with Gasteiger partial charge in [-0.05, 0) is 56.1 Å². The van der Waals surface area contributed by atoms with Crippen molar-refractivity contribution in [3.63, 3.8) is 0 Å². The Balaban J connectivity index is 1.55. The Kier molecular flexibility index (Phi) is 4.60. The van der Waals surface area contributed by atoms with E-state index in [1.54, 1.807) is 6.08 Å². The lowest BCUT2D eigenvalue weighted by molar-refractivity contribution is -0.155. The number of benzene rings is 1.